The first kappa shape index (κ1) is 24.0. The van der Waals surface area contributed by atoms with Gasteiger partial charge >= 0.3 is 0 Å². The van der Waals surface area contributed by atoms with E-state index in [-0.39, 0.29) is 6.04 Å². The highest BCUT2D eigenvalue weighted by Crippen LogP contribution is 2.48. The summed E-state index contributed by atoms with van der Waals surface area (Å²) in [6.45, 7) is 4.98. The molecule has 4 heteroatoms. The van der Waals surface area contributed by atoms with Gasteiger partial charge in [0.15, 0.2) is 0 Å². The second kappa shape index (κ2) is 9.31. The molecule has 4 atom stereocenters. The van der Waals surface area contributed by atoms with Crippen molar-refractivity contribution < 1.29 is 9.59 Å². The number of aliphatic hydroxyl groups is 1. The summed E-state index contributed by atoms with van der Waals surface area (Å²) in [5.74, 6) is 0.525. The van der Waals surface area contributed by atoms with Crippen LogP contribution in [0.4, 0.5) is 0 Å². The van der Waals surface area contributed by atoms with Crippen molar-refractivity contribution in [2.75, 3.05) is 13.1 Å². The van der Waals surface area contributed by atoms with Gasteiger partial charge in [0.2, 0.25) is 0 Å². The highest BCUT2D eigenvalue weighted by Gasteiger charge is 2.52. The van der Waals surface area contributed by atoms with Crippen LogP contribution in [0.5, 0.6) is 0 Å². The normalized spacial score (nSPS) is 24.4. The lowest BCUT2D eigenvalue weighted by Gasteiger charge is -2.57. The van der Waals surface area contributed by atoms with Crippen LogP contribution in [0.1, 0.15) is 42.6 Å². The molecule has 4 nitrogen and oxygen atoms in total. The summed E-state index contributed by atoms with van der Waals surface area (Å²) in [4.78, 5) is 4.56. The number of quaternary nitrogens is 1. The first-order chi connectivity index (χ1) is 19.1. The number of para-hydroxylation sites is 1. The number of aliphatic hydroxyl groups excluding tert-OH is 1. The Morgan fingerprint density at radius 1 is 0.949 bits per heavy atom. The molecule has 4 heterocycles. The summed E-state index contributed by atoms with van der Waals surface area (Å²) in [5, 5.41) is 27.7. The predicted molar refractivity (Wildman–Crippen MR) is 157 cm³/mol. The van der Waals surface area contributed by atoms with E-state index in [9.17, 15) is 10.4 Å². The molecular formula is C35H32N3O+. The number of pyridine rings is 1. The molecule has 0 spiro atoms. The molecule has 39 heavy (non-hydrogen) atoms. The molecule has 3 aliphatic heterocycles. The van der Waals surface area contributed by atoms with Gasteiger partial charge in [-0.1, -0.05) is 72.8 Å². The van der Waals surface area contributed by atoms with Crippen molar-refractivity contribution in [2.45, 2.75) is 38.5 Å². The maximum atomic E-state index is 12.2. The molecule has 192 valence electrons. The minimum atomic E-state index is -0.588. The number of nitrogens with zero attached hydrogens (tertiary/aromatic N) is 3. The molecule has 2 bridgehead atoms. The van der Waals surface area contributed by atoms with E-state index in [1.807, 2.05) is 42.6 Å². The number of hydrogen-bond acceptors (Lipinski definition) is 3. The molecule has 3 saturated heterocycles. The zero-order valence-corrected chi connectivity index (χ0v) is 22.2. The number of aromatic nitrogens is 1. The molecule has 3 fully saturated rings. The third kappa shape index (κ3) is 3.69. The Morgan fingerprint density at radius 3 is 2.26 bits per heavy atom. The Kier molecular flexibility index (Phi) is 5.74. The molecule has 0 saturated carbocycles. The van der Waals surface area contributed by atoms with Crippen molar-refractivity contribution in [1.82, 2.24) is 4.98 Å². The molecule has 5 aromatic rings. The zero-order valence-electron chi connectivity index (χ0n) is 22.2. The van der Waals surface area contributed by atoms with Gasteiger partial charge in [-0.3, -0.25) is 4.98 Å². The number of hydrogen-bond donors (Lipinski definition) is 1. The van der Waals surface area contributed by atoms with Gasteiger partial charge < -0.3 is 9.59 Å². The molecule has 0 radical (unpaired) electrons. The highest BCUT2D eigenvalue weighted by atomic mass is 16.3. The second-order valence-corrected chi connectivity index (χ2v) is 11.3. The second-order valence-electron chi connectivity index (χ2n) is 11.3. The third-order valence-corrected chi connectivity index (χ3v) is 9.54. The standard InChI is InChI=1S/C35H32N3O/c1-2-23-21-38(22-32-27-11-5-3-9-25(27)31(20-36)26-10-4-6-12-28(26)32)18-16-24(23)19-34(38)35(39)30-15-17-37-33-14-8-7-13-29(30)33/h2-15,17,24,34-35,39H,16,18-19,21-22H2,1H3/q+1/b23-2+/t24-,34+,35+,38-/m0/s1. The summed E-state index contributed by atoms with van der Waals surface area (Å²) in [6.07, 6.45) is 5.68. The number of allylic oxidation sites excluding steroid dienone is 1. The quantitative estimate of drug-likeness (QED) is 0.158. The minimum Gasteiger partial charge on any atom is -0.382 e. The molecule has 3 aliphatic rings. The van der Waals surface area contributed by atoms with E-state index in [0.717, 1.165) is 80.5 Å². The fraction of sp³-hybridized carbons (Fsp3) is 0.257. The van der Waals surface area contributed by atoms with E-state index in [2.05, 4.69) is 66.5 Å². The first-order valence-corrected chi connectivity index (χ1v) is 14.0. The van der Waals surface area contributed by atoms with Crippen LogP contribution >= 0.6 is 0 Å². The molecule has 1 N–H and O–H groups in total. The van der Waals surface area contributed by atoms with Crippen molar-refractivity contribution in [2.24, 2.45) is 5.92 Å². The van der Waals surface area contributed by atoms with E-state index in [0.29, 0.717) is 5.92 Å². The lowest BCUT2D eigenvalue weighted by atomic mass is 9.73. The van der Waals surface area contributed by atoms with E-state index >= 15 is 0 Å². The fourth-order valence-corrected chi connectivity index (χ4v) is 7.65. The summed E-state index contributed by atoms with van der Waals surface area (Å²) in [6, 6.07) is 29.5. The molecule has 8 rings (SSSR count). The van der Waals surface area contributed by atoms with Crippen molar-refractivity contribution in [1.29, 1.82) is 5.26 Å². The van der Waals surface area contributed by atoms with Gasteiger partial charge in [0, 0.05) is 40.8 Å². The smallest absolute Gasteiger partial charge is 0.131 e. The van der Waals surface area contributed by atoms with Crippen molar-refractivity contribution in [3.05, 3.63) is 113 Å². The van der Waals surface area contributed by atoms with Crippen LogP contribution in [-0.2, 0) is 6.54 Å². The molecule has 0 unspecified atom stereocenters. The lowest BCUT2D eigenvalue weighted by Crippen LogP contribution is -2.65. The molecule has 1 aromatic heterocycles. The van der Waals surface area contributed by atoms with Gasteiger partial charge in [-0.2, -0.15) is 5.26 Å². The third-order valence-electron chi connectivity index (χ3n) is 9.54. The highest BCUT2D eigenvalue weighted by molar-refractivity contribution is 6.07. The number of piperidine rings is 3. The van der Waals surface area contributed by atoms with Gasteiger partial charge in [0.25, 0.3) is 0 Å². The summed E-state index contributed by atoms with van der Waals surface area (Å²) in [5.41, 5.74) is 5.46. The Hall–Kier alpha value is -4.04. The molecule has 4 aromatic carbocycles. The first-order valence-electron chi connectivity index (χ1n) is 14.0. The van der Waals surface area contributed by atoms with Crippen LogP contribution in [0.25, 0.3) is 32.4 Å². The predicted octanol–water partition coefficient (Wildman–Crippen LogP) is 7.20. The zero-order chi connectivity index (χ0) is 26.6. The van der Waals surface area contributed by atoms with Gasteiger partial charge in [-0.15, -0.1) is 0 Å². The number of rotatable bonds is 4. The molecule has 0 amide bonds. The Labute approximate surface area is 229 Å². The molecule has 0 aliphatic carbocycles. The van der Waals surface area contributed by atoms with Gasteiger partial charge in [-0.25, -0.2) is 0 Å². The average molecular weight is 511 g/mol. The van der Waals surface area contributed by atoms with Crippen LogP contribution in [0.15, 0.2) is 96.7 Å². The van der Waals surface area contributed by atoms with Crippen LogP contribution in [0.2, 0.25) is 0 Å². The van der Waals surface area contributed by atoms with Crippen LogP contribution in [-0.4, -0.2) is 33.7 Å². The minimum absolute atomic E-state index is 0.0754. The van der Waals surface area contributed by atoms with Crippen LogP contribution in [0.3, 0.4) is 0 Å². The number of nitriles is 1. The largest absolute Gasteiger partial charge is 0.382 e. The molecular weight excluding hydrogens is 478 g/mol. The number of benzene rings is 4. The van der Waals surface area contributed by atoms with Crippen molar-refractivity contribution in [3.8, 4) is 6.07 Å². The van der Waals surface area contributed by atoms with E-state index in [4.69, 9.17) is 0 Å². The van der Waals surface area contributed by atoms with Crippen LogP contribution < -0.4 is 0 Å². The topological polar surface area (TPSA) is 56.9 Å². The maximum absolute atomic E-state index is 12.2. The lowest BCUT2D eigenvalue weighted by molar-refractivity contribution is -0.975. The Morgan fingerprint density at radius 2 is 1.59 bits per heavy atom. The summed E-state index contributed by atoms with van der Waals surface area (Å²) < 4.78 is 0.827. The van der Waals surface area contributed by atoms with E-state index < -0.39 is 6.10 Å². The van der Waals surface area contributed by atoms with E-state index in [1.165, 1.54) is 11.1 Å². The van der Waals surface area contributed by atoms with E-state index in [1.54, 1.807) is 0 Å². The monoisotopic (exact) mass is 510 g/mol. The average Bonchev–Trinajstić information content (AvgIpc) is 3.00. The number of fused-ring (bicyclic) bond motifs is 6. The van der Waals surface area contributed by atoms with Gasteiger partial charge in [-0.05, 0) is 46.9 Å². The van der Waals surface area contributed by atoms with Crippen molar-refractivity contribution in [3.63, 3.8) is 0 Å². The van der Waals surface area contributed by atoms with Gasteiger partial charge in [0.1, 0.15) is 31.3 Å². The Bertz CT molecular complexity index is 1750. The fourth-order valence-electron chi connectivity index (χ4n) is 7.65. The van der Waals surface area contributed by atoms with Gasteiger partial charge in [0.05, 0.1) is 17.6 Å². The van der Waals surface area contributed by atoms with Crippen molar-refractivity contribution >= 4 is 32.4 Å². The van der Waals surface area contributed by atoms with Crippen LogP contribution in [0, 0.1) is 17.2 Å². The maximum Gasteiger partial charge on any atom is 0.131 e. The summed E-state index contributed by atoms with van der Waals surface area (Å²) >= 11 is 0. The summed E-state index contributed by atoms with van der Waals surface area (Å²) in [7, 11) is 0. The Balaban J connectivity index is 1.42. The SMILES string of the molecule is C/C=C1\C[N@+]2(Cc3c4ccccc4c(C#N)c4ccccc34)CC[C@H]1C[C@@H]2[C@H](O)c1ccnc2ccccc12.